The molecule has 25 heavy (non-hydrogen) atoms. The minimum absolute atomic E-state index is 0.435. The molecule has 0 radical (unpaired) electrons. The second-order valence-electron chi connectivity index (χ2n) is 6.88. The second-order valence-corrected chi connectivity index (χ2v) is 6.88. The number of hydrogen-bond acceptors (Lipinski definition) is 4. The van der Waals surface area contributed by atoms with Crippen LogP contribution in [0.4, 0.5) is 0 Å². The maximum absolute atomic E-state index is 4.69. The second kappa shape index (κ2) is 6.80. The molecule has 1 fully saturated rings. The van der Waals surface area contributed by atoms with Gasteiger partial charge in [-0.15, -0.1) is 0 Å². The number of hydrogen-bond donors (Lipinski definition) is 0. The smallest absolute Gasteiger partial charge is 0.0733 e. The lowest BCUT2D eigenvalue weighted by molar-refractivity contribution is 0.140. The third kappa shape index (κ3) is 3.49. The minimum Gasteiger partial charge on any atom is -0.292 e. The van der Waals surface area contributed by atoms with Crippen molar-refractivity contribution in [2.75, 3.05) is 6.54 Å². The van der Waals surface area contributed by atoms with Crippen molar-refractivity contribution in [3.8, 4) is 11.3 Å². The predicted octanol–water partition coefficient (Wildman–Crippen LogP) is 2.94. The van der Waals surface area contributed by atoms with Gasteiger partial charge in [0.25, 0.3) is 0 Å². The molecule has 130 valence electrons. The Morgan fingerprint density at radius 3 is 2.52 bits per heavy atom. The van der Waals surface area contributed by atoms with Crippen LogP contribution < -0.4 is 0 Å². The molecule has 4 rings (SSSR count). The summed E-state index contributed by atoms with van der Waals surface area (Å²) in [5.74, 6) is 0. The highest BCUT2D eigenvalue weighted by molar-refractivity contribution is 5.56. The summed E-state index contributed by atoms with van der Waals surface area (Å²) >= 11 is 0. The Bertz CT molecular complexity index is 832. The molecule has 4 heterocycles. The molecule has 1 saturated heterocycles. The van der Waals surface area contributed by atoms with Gasteiger partial charge in [0.15, 0.2) is 0 Å². The molecule has 0 spiro atoms. The normalized spacial score (nSPS) is 18.6. The van der Waals surface area contributed by atoms with Gasteiger partial charge < -0.3 is 0 Å². The molecule has 6 nitrogen and oxygen atoms in total. The van der Waals surface area contributed by atoms with Gasteiger partial charge in [0.05, 0.1) is 18.1 Å². The summed E-state index contributed by atoms with van der Waals surface area (Å²) in [7, 11) is 3.90. The van der Waals surface area contributed by atoms with Crippen molar-refractivity contribution >= 4 is 0 Å². The molecule has 1 aliphatic rings. The number of rotatable bonds is 4. The molecule has 6 heteroatoms. The van der Waals surface area contributed by atoms with E-state index < -0.39 is 0 Å². The van der Waals surface area contributed by atoms with E-state index in [0.29, 0.717) is 6.04 Å². The Kier molecular flexibility index (Phi) is 4.36. The molecular formula is C19H24N6. The summed E-state index contributed by atoms with van der Waals surface area (Å²) in [6.45, 7) is 2.08. The Morgan fingerprint density at radius 2 is 1.84 bits per heavy atom. The van der Waals surface area contributed by atoms with Gasteiger partial charge in [-0.2, -0.15) is 10.2 Å². The van der Waals surface area contributed by atoms with Crippen LogP contribution in [0, 0.1) is 0 Å². The monoisotopic (exact) mass is 336 g/mol. The Hall–Kier alpha value is -2.47. The summed E-state index contributed by atoms with van der Waals surface area (Å²) in [4.78, 5) is 7.24. The minimum atomic E-state index is 0.435. The van der Waals surface area contributed by atoms with Crippen LogP contribution in [0.3, 0.4) is 0 Å². The van der Waals surface area contributed by atoms with Crippen molar-refractivity contribution in [3.63, 3.8) is 0 Å². The average molecular weight is 336 g/mol. The van der Waals surface area contributed by atoms with Gasteiger partial charge in [-0.1, -0.05) is 12.5 Å². The first-order valence-corrected chi connectivity index (χ1v) is 8.85. The van der Waals surface area contributed by atoms with E-state index in [9.17, 15) is 0 Å². The fourth-order valence-electron chi connectivity index (χ4n) is 3.67. The maximum Gasteiger partial charge on any atom is 0.0733 e. The Balaban J connectivity index is 1.53. The van der Waals surface area contributed by atoms with Crippen LogP contribution in [0.1, 0.15) is 36.4 Å². The summed E-state index contributed by atoms with van der Waals surface area (Å²) in [6.07, 6.45) is 13.7. The highest BCUT2D eigenvalue weighted by atomic mass is 15.2. The van der Waals surface area contributed by atoms with Gasteiger partial charge in [0.1, 0.15) is 0 Å². The number of likely N-dealkylation sites (tertiary alicyclic amines) is 1. The highest BCUT2D eigenvalue weighted by Crippen LogP contribution is 2.32. The summed E-state index contributed by atoms with van der Waals surface area (Å²) in [5.41, 5.74) is 4.61. The van der Waals surface area contributed by atoms with Crippen LogP contribution in [0.15, 0.2) is 43.1 Å². The molecule has 0 saturated carbocycles. The third-order valence-corrected chi connectivity index (χ3v) is 4.93. The van der Waals surface area contributed by atoms with Crippen molar-refractivity contribution in [2.45, 2.75) is 31.8 Å². The van der Waals surface area contributed by atoms with Crippen molar-refractivity contribution in [3.05, 3.63) is 54.2 Å². The molecule has 3 aromatic heterocycles. The van der Waals surface area contributed by atoms with Gasteiger partial charge in [0.2, 0.25) is 0 Å². The van der Waals surface area contributed by atoms with Crippen LogP contribution in [-0.4, -0.2) is 36.0 Å². The molecule has 0 amide bonds. The summed E-state index contributed by atoms with van der Waals surface area (Å²) in [6, 6.07) is 4.77. The molecular weight excluding hydrogens is 312 g/mol. The summed E-state index contributed by atoms with van der Waals surface area (Å²) < 4.78 is 3.68. The lowest BCUT2D eigenvalue weighted by Crippen LogP contribution is -2.32. The van der Waals surface area contributed by atoms with E-state index in [-0.39, 0.29) is 0 Å². The number of pyridine rings is 1. The standard InChI is InChI=1S/C19H24N6/c1-23-12-15(9-21-23)13-25-8-4-3-5-19(25)16-6-7-18(20-10-16)17-11-22-24(2)14-17/h6-7,9-12,14,19H,3-5,8,13H2,1-2H3/t19-/m1/s1. The summed E-state index contributed by atoms with van der Waals surface area (Å²) in [5, 5.41) is 8.52. The largest absolute Gasteiger partial charge is 0.292 e. The molecule has 0 aromatic carbocycles. The van der Waals surface area contributed by atoms with Gasteiger partial charge in [-0.05, 0) is 31.0 Å². The quantitative estimate of drug-likeness (QED) is 0.735. The van der Waals surface area contributed by atoms with Crippen LogP contribution in [-0.2, 0) is 20.6 Å². The van der Waals surface area contributed by atoms with Crippen LogP contribution in [0.25, 0.3) is 11.3 Å². The fourth-order valence-corrected chi connectivity index (χ4v) is 3.67. The van der Waals surface area contributed by atoms with Crippen LogP contribution in [0.5, 0.6) is 0 Å². The van der Waals surface area contributed by atoms with Crippen LogP contribution in [0.2, 0.25) is 0 Å². The molecule has 0 unspecified atom stereocenters. The first-order valence-electron chi connectivity index (χ1n) is 8.85. The average Bonchev–Trinajstić information content (AvgIpc) is 3.24. The topological polar surface area (TPSA) is 51.8 Å². The molecule has 0 aliphatic carbocycles. The molecule has 0 N–H and O–H groups in total. The third-order valence-electron chi connectivity index (χ3n) is 4.93. The van der Waals surface area contributed by atoms with E-state index in [1.807, 2.05) is 48.2 Å². The van der Waals surface area contributed by atoms with E-state index in [1.165, 1.54) is 30.4 Å². The van der Waals surface area contributed by atoms with Gasteiger partial charge >= 0.3 is 0 Å². The van der Waals surface area contributed by atoms with Crippen molar-refractivity contribution in [2.24, 2.45) is 14.1 Å². The van der Waals surface area contributed by atoms with Gasteiger partial charge in [0, 0.05) is 56.4 Å². The van der Waals surface area contributed by atoms with E-state index in [2.05, 4.69) is 38.4 Å². The molecule has 1 atom stereocenters. The maximum atomic E-state index is 4.69. The van der Waals surface area contributed by atoms with Gasteiger partial charge in [-0.25, -0.2) is 0 Å². The van der Waals surface area contributed by atoms with Crippen molar-refractivity contribution in [1.82, 2.24) is 29.4 Å². The van der Waals surface area contributed by atoms with E-state index in [1.54, 1.807) is 0 Å². The lowest BCUT2D eigenvalue weighted by Gasteiger charge is -2.35. The van der Waals surface area contributed by atoms with Crippen molar-refractivity contribution in [1.29, 1.82) is 0 Å². The number of piperidine rings is 1. The highest BCUT2D eigenvalue weighted by Gasteiger charge is 2.24. The fraction of sp³-hybridized carbons (Fsp3) is 0.421. The van der Waals surface area contributed by atoms with Gasteiger partial charge in [-0.3, -0.25) is 19.2 Å². The van der Waals surface area contributed by atoms with E-state index in [0.717, 1.165) is 24.3 Å². The number of nitrogens with zero attached hydrogens (tertiary/aromatic N) is 6. The molecule has 1 aliphatic heterocycles. The number of aryl methyl sites for hydroxylation is 2. The Morgan fingerprint density at radius 1 is 1.00 bits per heavy atom. The first kappa shape index (κ1) is 16.0. The van der Waals surface area contributed by atoms with E-state index >= 15 is 0 Å². The zero-order valence-electron chi connectivity index (χ0n) is 14.8. The van der Waals surface area contributed by atoms with Crippen molar-refractivity contribution < 1.29 is 0 Å². The number of aromatic nitrogens is 5. The molecule has 0 bridgehead atoms. The van der Waals surface area contributed by atoms with Crippen LogP contribution >= 0.6 is 0 Å². The molecule has 3 aromatic rings. The Labute approximate surface area is 148 Å². The zero-order chi connectivity index (χ0) is 17.2. The lowest BCUT2D eigenvalue weighted by atomic mass is 9.95. The van der Waals surface area contributed by atoms with E-state index in [4.69, 9.17) is 0 Å². The first-order chi connectivity index (χ1) is 12.2. The SMILES string of the molecule is Cn1cc(CN2CCCC[C@@H]2c2ccc(-c3cnn(C)c3)nc2)cn1. The zero-order valence-corrected chi connectivity index (χ0v) is 14.8. The predicted molar refractivity (Wildman–Crippen MR) is 96.6 cm³/mol.